The standard InChI is InChI=1S/C17H25N5/c1-21-8-5-13(11-21)9-16-20-15-3-2-6-19-17(15)22(16)12-14-4-7-18-10-14/h2-3,6,13-14,18H,4-5,7-12H2,1H3. The van der Waals surface area contributed by atoms with Gasteiger partial charge in [-0.2, -0.15) is 0 Å². The molecule has 1 N–H and O–H groups in total. The summed E-state index contributed by atoms with van der Waals surface area (Å²) in [5, 5.41) is 3.47. The molecule has 0 amide bonds. The van der Waals surface area contributed by atoms with Crippen molar-refractivity contribution in [3.8, 4) is 0 Å². The van der Waals surface area contributed by atoms with Gasteiger partial charge in [0.1, 0.15) is 11.3 Å². The summed E-state index contributed by atoms with van der Waals surface area (Å²) >= 11 is 0. The molecule has 2 aromatic heterocycles. The molecule has 0 spiro atoms. The van der Waals surface area contributed by atoms with Crippen molar-refractivity contribution in [2.24, 2.45) is 11.8 Å². The smallest absolute Gasteiger partial charge is 0.159 e. The van der Waals surface area contributed by atoms with E-state index in [0.717, 1.165) is 43.1 Å². The summed E-state index contributed by atoms with van der Waals surface area (Å²) in [7, 11) is 2.22. The first kappa shape index (κ1) is 14.2. The normalized spacial score (nSPS) is 26.2. The van der Waals surface area contributed by atoms with Gasteiger partial charge in [0.25, 0.3) is 0 Å². The molecule has 5 nitrogen and oxygen atoms in total. The summed E-state index contributed by atoms with van der Waals surface area (Å²) in [4.78, 5) is 11.9. The number of hydrogen-bond donors (Lipinski definition) is 1. The number of rotatable bonds is 4. The average Bonchev–Trinajstić information content (AvgIpc) is 3.23. The Hall–Kier alpha value is -1.46. The van der Waals surface area contributed by atoms with E-state index in [1.807, 2.05) is 12.3 Å². The van der Waals surface area contributed by atoms with Crippen molar-refractivity contribution in [3.63, 3.8) is 0 Å². The van der Waals surface area contributed by atoms with Crippen LogP contribution in [0.15, 0.2) is 18.3 Å². The predicted molar refractivity (Wildman–Crippen MR) is 87.8 cm³/mol. The Morgan fingerprint density at radius 3 is 3.05 bits per heavy atom. The molecule has 2 unspecified atom stereocenters. The monoisotopic (exact) mass is 299 g/mol. The zero-order chi connectivity index (χ0) is 14.9. The summed E-state index contributed by atoms with van der Waals surface area (Å²) in [6.07, 6.45) is 5.53. The van der Waals surface area contributed by atoms with E-state index in [0.29, 0.717) is 5.92 Å². The van der Waals surface area contributed by atoms with E-state index >= 15 is 0 Å². The molecule has 2 fully saturated rings. The highest BCUT2D eigenvalue weighted by atomic mass is 15.1. The van der Waals surface area contributed by atoms with E-state index in [2.05, 4.69) is 32.9 Å². The number of likely N-dealkylation sites (tertiary alicyclic amines) is 1. The number of pyridine rings is 1. The molecule has 22 heavy (non-hydrogen) atoms. The second-order valence-electron chi connectivity index (χ2n) is 6.96. The lowest BCUT2D eigenvalue weighted by Gasteiger charge is -2.15. The van der Waals surface area contributed by atoms with Crippen molar-refractivity contribution in [1.82, 2.24) is 24.8 Å². The Morgan fingerprint density at radius 1 is 1.32 bits per heavy atom. The van der Waals surface area contributed by atoms with E-state index in [1.165, 1.54) is 31.8 Å². The maximum atomic E-state index is 4.90. The fourth-order valence-electron chi connectivity index (χ4n) is 3.93. The van der Waals surface area contributed by atoms with Crippen LogP contribution in [0.1, 0.15) is 18.7 Å². The van der Waals surface area contributed by atoms with Gasteiger partial charge in [-0.1, -0.05) is 0 Å². The van der Waals surface area contributed by atoms with Crippen LogP contribution in [-0.2, 0) is 13.0 Å². The van der Waals surface area contributed by atoms with Gasteiger partial charge in [0, 0.05) is 25.7 Å². The molecule has 0 bridgehead atoms. The van der Waals surface area contributed by atoms with Gasteiger partial charge in [-0.25, -0.2) is 9.97 Å². The SMILES string of the molecule is CN1CCC(Cc2nc3cccnc3n2CC2CCNC2)C1. The fraction of sp³-hybridized carbons (Fsp3) is 0.647. The van der Waals surface area contributed by atoms with E-state index in [9.17, 15) is 0 Å². The van der Waals surface area contributed by atoms with Crippen molar-refractivity contribution in [2.45, 2.75) is 25.8 Å². The number of aromatic nitrogens is 3. The van der Waals surface area contributed by atoms with Gasteiger partial charge < -0.3 is 14.8 Å². The van der Waals surface area contributed by atoms with Crippen LogP contribution in [0, 0.1) is 11.8 Å². The molecule has 2 aliphatic heterocycles. The summed E-state index contributed by atoms with van der Waals surface area (Å²) in [6, 6.07) is 4.08. The second kappa shape index (κ2) is 5.97. The van der Waals surface area contributed by atoms with Gasteiger partial charge >= 0.3 is 0 Å². The molecule has 4 heterocycles. The van der Waals surface area contributed by atoms with Crippen LogP contribution in [0.25, 0.3) is 11.2 Å². The third-order valence-corrected chi connectivity index (χ3v) is 5.15. The number of hydrogen-bond acceptors (Lipinski definition) is 4. The molecule has 5 heteroatoms. The minimum atomic E-state index is 0.712. The van der Waals surface area contributed by atoms with Crippen molar-refractivity contribution in [3.05, 3.63) is 24.2 Å². The van der Waals surface area contributed by atoms with E-state index in [1.54, 1.807) is 0 Å². The third-order valence-electron chi connectivity index (χ3n) is 5.15. The maximum absolute atomic E-state index is 4.90. The van der Waals surface area contributed by atoms with Crippen LogP contribution >= 0.6 is 0 Å². The molecule has 0 aliphatic carbocycles. The van der Waals surface area contributed by atoms with Gasteiger partial charge in [-0.05, 0) is 63.5 Å². The largest absolute Gasteiger partial charge is 0.316 e. The van der Waals surface area contributed by atoms with Crippen molar-refractivity contribution < 1.29 is 0 Å². The molecule has 118 valence electrons. The van der Waals surface area contributed by atoms with Crippen molar-refractivity contribution >= 4 is 11.2 Å². The van der Waals surface area contributed by atoms with E-state index in [-0.39, 0.29) is 0 Å². The van der Waals surface area contributed by atoms with Crippen molar-refractivity contribution in [2.75, 3.05) is 33.2 Å². The molecule has 0 saturated carbocycles. The summed E-state index contributed by atoms with van der Waals surface area (Å²) < 4.78 is 2.39. The van der Waals surface area contributed by atoms with Gasteiger partial charge in [-0.15, -0.1) is 0 Å². The zero-order valence-corrected chi connectivity index (χ0v) is 13.3. The molecule has 4 rings (SSSR count). The first-order valence-corrected chi connectivity index (χ1v) is 8.49. The Bertz CT molecular complexity index is 644. The minimum absolute atomic E-state index is 0.712. The molecule has 2 saturated heterocycles. The third kappa shape index (κ3) is 2.75. The van der Waals surface area contributed by atoms with E-state index < -0.39 is 0 Å². The summed E-state index contributed by atoms with van der Waals surface area (Å²) in [5.74, 6) is 2.69. The first-order chi connectivity index (χ1) is 10.8. The van der Waals surface area contributed by atoms with Crippen LogP contribution in [0.3, 0.4) is 0 Å². The van der Waals surface area contributed by atoms with Gasteiger partial charge in [0.15, 0.2) is 5.65 Å². The lowest BCUT2D eigenvalue weighted by Crippen LogP contribution is -2.19. The molecule has 2 atom stereocenters. The Labute approximate surface area is 131 Å². The average molecular weight is 299 g/mol. The van der Waals surface area contributed by atoms with Crippen LogP contribution in [0.5, 0.6) is 0 Å². The summed E-state index contributed by atoms with van der Waals surface area (Å²) in [5.41, 5.74) is 2.12. The second-order valence-corrected chi connectivity index (χ2v) is 6.96. The lowest BCUT2D eigenvalue weighted by atomic mass is 10.0. The molecule has 2 aromatic rings. The number of nitrogens with one attached hydrogen (secondary N) is 1. The molecule has 0 aromatic carbocycles. The Kier molecular flexibility index (Phi) is 3.84. The number of fused-ring (bicyclic) bond motifs is 1. The number of nitrogens with zero attached hydrogens (tertiary/aromatic N) is 4. The van der Waals surface area contributed by atoms with Gasteiger partial charge in [0.05, 0.1) is 0 Å². The highest BCUT2D eigenvalue weighted by molar-refractivity contribution is 5.71. The predicted octanol–water partition coefficient (Wildman–Crippen LogP) is 1.53. The molecular weight excluding hydrogens is 274 g/mol. The van der Waals surface area contributed by atoms with Gasteiger partial charge in [0.2, 0.25) is 0 Å². The minimum Gasteiger partial charge on any atom is -0.316 e. The van der Waals surface area contributed by atoms with Gasteiger partial charge in [-0.3, -0.25) is 0 Å². The van der Waals surface area contributed by atoms with E-state index in [4.69, 9.17) is 4.98 Å². The highest BCUT2D eigenvalue weighted by Gasteiger charge is 2.24. The first-order valence-electron chi connectivity index (χ1n) is 8.49. The summed E-state index contributed by atoms with van der Waals surface area (Å²) in [6.45, 7) is 5.74. The van der Waals surface area contributed by atoms with Crippen LogP contribution in [-0.4, -0.2) is 52.7 Å². The topological polar surface area (TPSA) is 46.0 Å². The van der Waals surface area contributed by atoms with Crippen LogP contribution in [0.4, 0.5) is 0 Å². The number of imidazole rings is 1. The molecule has 0 radical (unpaired) electrons. The zero-order valence-electron chi connectivity index (χ0n) is 13.3. The fourth-order valence-corrected chi connectivity index (χ4v) is 3.93. The van der Waals surface area contributed by atoms with Crippen LogP contribution < -0.4 is 5.32 Å². The van der Waals surface area contributed by atoms with Crippen LogP contribution in [0.2, 0.25) is 0 Å². The van der Waals surface area contributed by atoms with Crippen molar-refractivity contribution in [1.29, 1.82) is 0 Å². The Morgan fingerprint density at radius 2 is 2.27 bits per heavy atom. The molecular formula is C17H25N5. The highest BCUT2D eigenvalue weighted by Crippen LogP contribution is 2.24. The Balaban J connectivity index is 1.63. The lowest BCUT2D eigenvalue weighted by molar-refractivity contribution is 0.389. The quantitative estimate of drug-likeness (QED) is 0.930. The molecule has 2 aliphatic rings. The maximum Gasteiger partial charge on any atom is 0.159 e.